The van der Waals surface area contributed by atoms with Crippen molar-refractivity contribution in [1.82, 2.24) is 14.6 Å². The van der Waals surface area contributed by atoms with E-state index in [9.17, 15) is 21.6 Å². The fourth-order valence-corrected chi connectivity index (χ4v) is 5.46. The number of carbonyl (C=O) groups excluding carboxylic acids is 1. The highest BCUT2D eigenvalue weighted by Gasteiger charge is 2.27. The molecule has 3 rings (SSSR count). The molecule has 0 saturated carbocycles. The van der Waals surface area contributed by atoms with Crippen LogP contribution in [0.4, 0.5) is 5.82 Å². The van der Waals surface area contributed by atoms with Crippen LogP contribution in [0.15, 0.2) is 53.6 Å². The van der Waals surface area contributed by atoms with Crippen LogP contribution >= 0.6 is 0 Å². The number of carbonyl (C=O) groups is 1. The number of hydrogen-bond donors (Lipinski definition) is 1. The van der Waals surface area contributed by atoms with Crippen molar-refractivity contribution in [3.63, 3.8) is 0 Å². The lowest BCUT2D eigenvalue weighted by Crippen LogP contribution is -2.50. The summed E-state index contributed by atoms with van der Waals surface area (Å²) in [6, 6.07) is 11.2. The van der Waals surface area contributed by atoms with Crippen LogP contribution in [0.1, 0.15) is 17.3 Å². The van der Waals surface area contributed by atoms with E-state index in [0.29, 0.717) is 26.2 Å². The van der Waals surface area contributed by atoms with Crippen molar-refractivity contribution in [2.75, 3.05) is 49.1 Å². The smallest absolute Gasteiger partial charge is 0.251 e. The van der Waals surface area contributed by atoms with Crippen LogP contribution in [0.5, 0.6) is 0 Å². The van der Waals surface area contributed by atoms with E-state index in [2.05, 4.69) is 10.3 Å². The van der Waals surface area contributed by atoms with E-state index >= 15 is 0 Å². The van der Waals surface area contributed by atoms with Gasteiger partial charge < -0.3 is 10.2 Å². The minimum absolute atomic E-state index is 0.0213. The molecule has 11 heteroatoms. The van der Waals surface area contributed by atoms with Gasteiger partial charge in [0.25, 0.3) is 5.91 Å². The Morgan fingerprint density at radius 2 is 1.68 bits per heavy atom. The highest BCUT2D eigenvalue weighted by molar-refractivity contribution is 7.91. The Labute approximate surface area is 183 Å². The fraction of sp³-hybridized carbons (Fsp3) is 0.400. The van der Waals surface area contributed by atoms with E-state index < -0.39 is 25.8 Å². The van der Waals surface area contributed by atoms with Crippen molar-refractivity contribution in [2.24, 2.45) is 0 Å². The second-order valence-corrected chi connectivity index (χ2v) is 11.4. The zero-order valence-corrected chi connectivity index (χ0v) is 18.9. The third kappa shape index (κ3) is 5.81. The summed E-state index contributed by atoms with van der Waals surface area (Å²) in [5, 5.41) is 2.59. The first-order chi connectivity index (χ1) is 14.7. The molecule has 1 N–H and O–H groups in total. The van der Waals surface area contributed by atoms with Crippen molar-refractivity contribution in [3.8, 4) is 0 Å². The number of nitrogens with zero attached hydrogens (tertiary/aromatic N) is 3. The van der Waals surface area contributed by atoms with Crippen molar-refractivity contribution < 1.29 is 21.6 Å². The summed E-state index contributed by atoms with van der Waals surface area (Å²) in [6.07, 6.45) is 1.71. The number of sulfonamides is 1. The van der Waals surface area contributed by atoms with E-state index in [4.69, 9.17) is 0 Å². The molecule has 0 aliphatic carbocycles. The first-order valence-electron chi connectivity index (χ1n) is 9.98. The molecule has 2 aromatic rings. The Hall–Kier alpha value is -2.50. The van der Waals surface area contributed by atoms with Gasteiger partial charge in [0.1, 0.15) is 5.82 Å². The van der Waals surface area contributed by atoms with Crippen LogP contribution in [0, 0.1) is 0 Å². The monoisotopic (exact) mass is 466 g/mol. The molecule has 1 aliphatic heterocycles. The van der Waals surface area contributed by atoms with Gasteiger partial charge in [-0.05, 0) is 36.4 Å². The third-order valence-electron chi connectivity index (χ3n) is 5.11. The fourth-order valence-electron chi connectivity index (χ4n) is 3.24. The molecule has 1 amide bonds. The number of rotatable bonds is 8. The maximum absolute atomic E-state index is 12.6. The Morgan fingerprint density at radius 1 is 1.00 bits per heavy atom. The van der Waals surface area contributed by atoms with Gasteiger partial charge in [0.05, 0.1) is 16.4 Å². The summed E-state index contributed by atoms with van der Waals surface area (Å²) in [4.78, 5) is 18.7. The van der Waals surface area contributed by atoms with Gasteiger partial charge in [0.15, 0.2) is 9.84 Å². The highest BCUT2D eigenvalue weighted by Crippen LogP contribution is 2.15. The molecule has 1 aromatic carbocycles. The molecule has 1 aromatic heterocycles. The molecule has 0 radical (unpaired) electrons. The highest BCUT2D eigenvalue weighted by atomic mass is 32.2. The van der Waals surface area contributed by atoms with Gasteiger partial charge in [-0.25, -0.2) is 21.8 Å². The van der Waals surface area contributed by atoms with Crippen LogP contribution in [-0.2, 0) is 19.9 Å². The molecule has 0 unspecified atom stereocenters. The average Bonchev–Trinajstić information content (AvgIpc) is 2.79. The van der Waals surface area contributed by atoms with Crippen LogP contribution in [0.3, 0.4) is 0 Å². The number of nitrogens with one attached hydrogen (secondary N) is 1. The van der Waals surface area contributed by atoms with Gasteiger partial charge in [-0.3, -0.25) is 4.79 Å². The lowest BCUT2D eigenvalue weighted by molar-refractivity contribution is 0.0956. The van der Waals surface area contributed by atoms with Crippen LogP contribution in [0.2, 0.25) is 0 Å². The summed E-state index contributed by atoms with van der Waals surface area (Å²) in [6.45, 7) is 3.34. The maximum Gasteiger partial charge on any atom is 0.251 e. The molecular weight excluding hydrogens is 440 g/mol. The normalized spacial score (nSPS) is 15.6. The van der Waals surface area contributed by atoms with E-state index in [1.807, 2.05) is 23.1 Å². The molecular formula is C20H26N4O5S2. The van der Waals surface area contributed by atoms with E-state index in [1.54, 1.807) is 13.1 Å². The predicted octanol–water partition coefficient (Wildman–Crippen LogP) is 0.757. The zero-order chi connectivity index (χ0) is 22.5. The average molecular weight is 467 g/mol. The number of aromatic nitrogens is 1. The van der Waals surface area contributed by atoms with Crippen molar-refractivity contribution >= 4 is 31.6 Å². The van der Waals surface area contributed by atoms with Crippen molar-refractivity contribution in [2.45, 2.75) is 11.8 Å². The molecule has 2 heterocycles. The molecule has 31 heavy (non-hydrogen) atoms. The number of benzene rings is 1. The minimum atomic E-state index is -3.50. The van der Waals surface area contributed by atoms with E-state index in [-0.39, 0.29) is 28.5 Å². The molecule has 1 aliphatic rings. The first-order valence-corrected chi connectivity index (χ1v) is 13.2. The molecule has 1 fully saturated rings. The summed E-state index contributed by atoms with van der Waals surface area (Å²) in [5.41, 5.74) is 0.274. The molecule has 168 valence electrons. The Morgan fingerprint density at radius 3 is 2.26 bits per heavy atom. The van der Waals surface area contributed by atoms with Crippen LogP contribution in [-0.4, -0.2) is 76.3 Å². The molecule has 0 atom stereocenters. The Balaban J connectivity index is 1.49. The summed E-state index contributed by atoms with van der Waals surface area (Å²) >= 11 is 0. The largest absolute Gasteiger partial charge is 0.354 e. The van der Waals surface area contributed by atoms with Crippen LogP contribution < -0.4 is 10.2 Å². The topological polar surface area (TPSA) is 117 Å². The minimum Gasteiger partial charge on any atom is -0.354 e. The number of sulfone groups is 1. The number of amides is 1. The second kappa shape index (κ2) is 9.75. The molecule has 0 spiro atoms. The number of anilines is 1. The van der Waals surface area contributed by atoms with Gasteiger partial charge in [0.2, 0.25) is 10.0 Å². The summed E-state index contributed by atoms with van der Waals surface area (Å²) < 4.78 is 50.3. The number of pyridine rings is 1. The molecule has 0 bridgehead atoms. The summed E-state index contributed by atoms with van der Waals surface area (Å²) in [5.74, 6) is 0.150. The van der Waals surface area contributed by atoms with Gasteiger partial charge in [-0.1, -0.05) is 13.0 Å². The van der Waals surface area contributed by atoms with Gasteiger partial charge in [-0.2, -0.15) is 4.31 Å². The lowest BCUT2D eigenvalue weighted by atomic mass is 10.2. The predicted molar refractivity (Wildman–Crippen MR) is 118 cm³/mol. The quantitative estimate of drug-likeness (QED) is 0.610. The maximum atomic E-state index is 12.6. The van der Waals surface area contributed by atoms with E-state index in [0.717, 1.165) is 5.82 Å². The zero-order valence-electron chi connectivity index (χ0n) is 17.3. The van der Waals surface area contributed by atoms with Gasteiger partial charge in [-0.15, -0.1) is 0 Å². The SMILES string of the molecule is CCS(=O)(=O)c1ccc(C(=O)NCCS(=O)(=O)N2CCN(c3ccccn3)CC2)cc1. The second-order valence-electron chi connectivity index (χ2n) is 7.07. The Kier molecular flexibility index (Phi) is 7.29. The molecule has 1 saturated heterocycles. The lowest BCUT2D eigenvalue weighted by Gasteiger charge is -2.34. The van der Waals surface area contributed by atoms with E-state index in [1.165, 1.54) is 28.6 Å². The standard InChI is InChI=1S/C20H26N4O5S2/c1-2-30(26,27)18-8-6-17(7-9-18)20(25)22-11-16-31(28,29)24-14-12-23(13-15-24)19-5-3-4-10-21-19/h3-10H,2,11-16H2,1H3,(H,22,25). The molecule has 9 nitrogen and oxygen atoms in total. The number of hydrogen-bond acceptors (Lipinski definition) is 7. The first kappa shape index (κ1) is 23.2. The van der Waals surface area contributed by atoms with Crippen LogP contribution in [0.25, 0.3) is 0 Å². The van der Waals surface area contributed by atoms with Gasteiger partial charge >= 0.3 is 0 Å². The third-order valence-corrected chi connectivity index (χ3v) is 8.73. The summed E-state index contributed by atoms with van der Waals surface area (Å²) in [7, 11) is -6.84. The number of piperazine rings is 1. The van der Waals surface area contributed by atoms with Gasteiger partial charge in [0, 0.05) is 44.5 Å². The van der Waals surface area contributed by atoms with Crippen molar-refractivity contribution in [1.29, 1.82) is 0 Å². The van der Waals surface area contributed by atoms with Crippen molar-refractivity contribution in [3.05, 3.63) is 54.2 Å². The Bertz CT molecular complexity index is 1100.